The van der Waals surface area contributed by atoms with Gasteiger partial charge in [0.25, 0.3) is 0 Å². The van der Waals surface area contributed by atoms with Crippen LogP contribution in [0.1, 0.15) is 135 Å². The van der Waals surface area contributed by atoms with Crippen molar-refractivity contribution in [3.8, 4) is 23.2 Å². The maximum Gasteiger partial charge on any atom is 0.314 e. The number of aromatic nitrogens is 2. The number of ether oxygens (including phenoxy) is 1. The van der Waals surface area contributed by atoms with Crippen LogP contribution in [0.2, 0.25) is 0 Å². The largest absolute Gasteiger partial charge is 0.426 e. The van der Waals surface area contributed by atoms with E-state index in [0.717, 1.165) is 50.5 Å². The number of hydrogen-bond acceptors (Lipinski definition) is 5. The molecule has 0 radical (unpaired) electrons. The van der Waals surface area contributed by atoms with Crippen molar-refractivity contribution in [3.63, 3.8) is 0 Å². The molecule has 3 rings (SSSR count). The lowest BCUT2D eigenvalue weighted by Crippen LogP contribution is -2.31. The van der Waals surface area contributed by atoms with E-state index in [4.69, 9.17) is 4.74 Å². The third-order valence-corrected chi connectivity index (χ3v) is 8.63. The summed E-state index contributed by atoms with van der Waals surface area (Å²) < 4.78 is 5.72. The average molecular weight is 546 g/mol. The van der Waals surface area contributed by atoms with Crippen molar-refractivity contribution in [1.82, 2.24) is 9.97 Å². The van der Waals surface area contributed by atoms with Gasteiger partial charge in [-0.05, 0) is 74.8 Å². The van der Waals surface area contributed by atoms with E-state index < -0.39 is 0 Å². The standard InChI is InChI=1S/C35H51N3O2/c1-3-5-7-9-10-11-12-14-16-29-26-37-33(38-27-29)30-17-19-32(20-18-30)40-34(39)31-21-24-35(28-36,25-22-31)23-15-13-8-6-4-2/h17-20,26-27,31H,3-16,21-25H2,1-2H3/t31-,35-. The number of hydrogen-bond donors (Lipinski definition) is 0. The molecule has 0 amide bonds. The monoisotopic (exact) mass is 545 g/mol. The second kappa shape index (κ2) is 17.8. The first-order valence-electron chi connectivity index (χ1n) is 16.1. The predicted molar refractivity (Wildman–Crippen MR) is 163 cm³/mol. The molecule has 0 bridgehead atoms. The molecular formula is C35H51N3O2. The van der Waals surface area contributed by atoms with Crippen LogP contribution in [-0.2, 0) is 11.2 Å². The Morgan fingerprint density at radius 1 is 0.850 bits per heavy atom. The van der Waals surface area contributed by atoms with Gasteiger partial charge in [0, 0.05) is 18.0 Å². The summed E-state index contributed by atoms with van der Waals surface area (Å²) in [5.74, 6) is 0.933. The molecule has 1 fully saturated rings. The van der Waals surface area contributed by atoms with Crippen LogP contribution in [-0.4, -0.2) is 15.9 Å². The number of nitriles is 1. The Bertz CT molecular complexity index is 1020. The summed E-state index contributed by atoms with van der Waals surface area (Å²) in [5, 5.41) is 9.85. The maximum absolute atomic E-state index is 12.8. The average Bonchev–Trinajstić information content (AvgIpc) is 2.99. The van der Waals surface area contributed by atoms with Crippen molar-refractivity contribution in [2.45, 2.75) is 136 Å². The molecule has 0 spiro atoms. The van der Waals surface area contributed by atoms with E-state index in [-0.39, 0.29) is 17.3 Å². The second-order valence-corrected chi connectivity index (χ2v) is 11.9. The number of rotatable bonds is 18. The normalized spacial score (nSPS) is 18.8. The van der Waals surface area contributed by atoms with Gasteiger partial charge >= 0.3 is 5.97 Å². The summed E-state index contributed by atoms with van der Waals surface area (Å²) in [6, 6.07) is 10.1. The molecule has 5 nitrogen and oxygen atoms in total. The summed E-state index contributed by atoms with van der Waals surface area (Å²) in [6.45, 7) is 4.48. The fourth-order valence-corrected chi connectivity index (χ4v) is 5.86. The molecule has 0 unspecified atom stereocenters. The molecule has 0 saturated heterocycles. The molecule has 1 aromatic carbocycles. The number of carbonyl (C=O) groups is 1. The minimum Gasteiger partial charge on any atom is -0.426 e. The van der Waals surface area contributed by atoms with Gasteiger partial charge in [-0.25, -0.2) is 9.97 Å². The van der Waals surface area contributed by atoms with Crippen molar-refractivity contribution in [1.29, 1.82) is 5.26 Å². The third kappa shape index (κ3) is 10.7. The first-order chi connectivity index (χ1) is 19.6. The molecule has 0 N–H and O–H groups in total. The van der Waals surface area contributed by atoms with Gasteiger partial charge in [0.15, 0.2) is 5.82 Å². The van der Waals surface area contributed by atoms with E-state index in [1.165, 1.54) is 82.6 Å². The van der Waals surface area contributed by atoms with E-state index in [1.807, 2.05) is 36.7 Å². The van der Waals surface area contributed by atoms with E-state index in [1.54, 1.807) is 0 Å². The van der Waals surface area contributed by atoms with Crippen molar-refractivity contribution < 1.29 is 9.53 Å². The molecule has 218 valence electrons. The Kier molecular flexibility index (Phi) is 14.2. The van der Waals surface area contributed by atoms with Crippen LogP contribution in [0.4, 0.5) is 0 Å². The second-order valence-electron chi connectivity index (χ2n) is 11.9. The number of aryl methyl sites for hydroxylation is 1. The summed E-state index contributed by atoms with van der Waals surface area (Å²) in [6.07, 6.45) is 25.5. The van der Waals surface area contributed by atoms with E-state index in [2.05, 4.69) is 29.9 Å². The van der Waals surface area contributed by atoms with Crippen molar-refractivity contribution in [2.75, 3.05) is 0 Å². The molecular weight excluding hydrogens is 494 g/mol. The molecule has 1 aliphatic rings. The first kappa shape index (κ1) is 31.8. The molecule has 5 heteroatoms. The molecule has 1 aliphatic carbocycles. The minimum atomic E-state index is -0.256. The lowest BCUT2D eigenvalue weighted by atomic mass is 9.69. The molecule has 0 atom stereocenters. The van der Waals surface area contributed by atoms with Crippen LogP contribution >= 0.6 is 0 Å². The Hall–Kier alpha value is -2.74. The quantitative estimate of drug-likeness (QED) is 0.106. The van der Waals surface area contributed by atoms with Crippen molar-refractivity contribution >= 4 is 5.97 Å². The fourth-order valence-electron chi connectivity index (χ4n) is 5.86. The zero-order valence-electron chi connectivity index (χ0n) is 25.1. The van der Waals surface area contributed by atoms with Crippen LogP contribution < -0.4 is 4.74 Å². The summed E-state index contributed by atoms with van der Waals surface area (Å²) in [5.41, 5.74) is 1.84. The Morgan fingerprint density at radius 3 is 1.98 bits per heavy atom. The van der Waals surface area contributed by atoms with E-state index in [0.29, 0.717) is 11.6 Å². The van der Waals surface area contributed by atoms with Gasteiger partial charge in [0.05, 0.1) is 17.4 Å². The van der Waals surface area contributed by atoms with Crippen LogP contribution in [0.25, 0.3) is 11.4 Å². The minimum absolute atomic E-state index is 0.127. The van der Waals surface area contributed by atoms with Crippen molar-refractivity contribution in [3.05, 3.63) is 42.2 Å². The number of unbranched alkanes of at least 4 members (excludes halogenated alkanes) is 11. The molecule has 2 aromatic rings. The van der Waals surface area contributed by atoms with Gasteiger partial charge in [-0.15, -0.1) is 0 Å². The highest BCUT2D eigenvalue weighted by molar-refractivity contribution is 5.75. The number of benzene rings is 1. The number of esters is 1. The third-order valence-electron chi connectivity index (χ3n) is 8.63. The molecule has 0 aliphatic heterocycles. The van der Waals surface area contributed by atoms with Gasteiger partial charge in [-0.2, -0.15) is 5.26 Å². The number of nitrogens with zero attached hydrogens (tertiary/aromatic N) is 3. The lowest BCUT2D eigenvalue weighted by Gasteiger charge is -2.34. The predicted octanol–water partition coefficient (Wildman–Crippen LogP) is 9.79. The van der Waals surface area contributed by atoms with Gasteiger partial charge in [-0.1, -0.05) is 90.9 Å². The van der Waals surface area contributed by atoms with E-state index >= 15 is 0 Å². The smallest absolute Gasteiger partial charge is 0.314 e. The lowest BCUT2D eigenvalue weighted by molar-refractivity contribution is -0.140. The highest BCUT2D eigenvalue weighted by Gasteiger charge is 2.38. The van der Waals surface area contributed by atoms with Crippen LogP contribution in [0.5, 0.6) is 5.75 Å². The Labute approximate surface area is 243 Å². The molecule has 1 aromatic heterocycles. The van der Waals surface area contributed by atoms with Gasteiger partial charge in [0.2, 0.25) is 0 Å². The highest BCUT2D eigenvalue weighted by atomic mass is 16.5. The van der Waals surface area contributed by atoms with Gasteiger partial charge in [-0.3, -0.25) is 4.79 Å². The fraction of sp³-hybridized carbons (Fsp3) is 0.657. The Morgan fingerprint density at radius 2 is 1.40 bits per heavy atom. The van der Waals surface area contributed by atoms with Gasteiger partial charge < -0.3 is 4.74 Å². The number of carbonyl (C=O) groups excluding carboxylic acids is 1. The SMILES string of the molecule is CCCCCCCCCCc1cnc(-c2ccc(OC(=O)[C@H]3CC[C@@](C#N)(CCCCCCC)CC3)cc2)nc1. The van der Waals surface area contributed by atoms with Gasteiger partial charge in [0.1, 0.15) is 5.75 Å². The molecule has 40 heavy (non-hydrogen) atoms. The molecule has 1 saturated carbocycles. The summed E-state index contributed by atoms with van der Waals surface area (Å²) in [7, 11) is 0. The Balaban J connectivity index is 1.39. The van der Waals surface area contributed by atoms with Crippen LogP contribution in [0, 0.1) is 22.7 Å². The summed E-state index contributed by atoms with van der Waals surface area (Å²) >= 11 is 0. The molecule has 1 heterocycles. The van der Waals surface area contributed by atoms with Crippen LogP contribution in [0.15, 0.2) is 36.7 Å². The topological polar surface area (TPSA) is 75.9 Å². The van der Waals surface area contributed by atoms with Crippen LogP contribution in [0.3, 0.4) is 0 Å². The summed E-state index contributed by atoms with van der Waals surface area (Å²) in [4.78, 5) is 22.0. The van der Waals surface area contributed by atoms with E-state index in [9.17, 15) is 10.1 Å². The highest BCUT2D eigenvalue weighted by Crippen LogP contribution is 2.43. The first-order valence-corrected chi connectivity index (χ1v) is 16.1. The zero-order valence-corrected chi connectivity index (χ0v) is 25.1. The zero-order chi connectivity index (χ0) is 28.5. The maximum atomic E-state index is 12.8. The van der Waals surface area contributed by atoms with Crippen molar-refractivity contribution in [2.24, 2.45) is 11.3 Å².